The fraction of sp³-hybridized carbons (Fsp3) is 0.364. The van der Waals surface area contributed by atoms with Crippen LogP contribution in [0.5, 0.6) is 0 Å². The lowest BCUT2D eigenvalue weighted by atomic mass is 10.1. The standard InChI is InChI=1S/C11H13O5P/c1-11(2,16-17(13)14)10(12)15-8-9-6-4-3-5-7-9/h3-7H,8H2,1-2H3. The van der Waals surface area contributed by atoms with Gasteiger partial charge in [0.2, 0.25) is 5.60 Å². The van der Waals surface area contributed by atoms with Crippen LogP contribution in [0, 0.1) is 0 Å². The number of ether oxygens (including phenoxy) is 1. The van der Waals surface area contributed by atoms with Crippen molar-refractivity contribution in [2.45, 2.75) is 26.1 Å². The Labute approximate surface area is 100 Å². The van der Waals surface area contributed by atoms with E-state index >= 15 is 0 Å². The summed E-state index contributed by atoms with van der Waals surface area (Å²) in [7, 11) is -3.09. The monoisotopic (exact) mass is 256 g/mol. The van der Waals surface area contributed by atoms with Gasteiger partial charge in [-0.15, -0.1) is 4.52 Å². The van der Waals surface area contributed by atoms with Gasteiger partial charge in [-0.3, -0.25) is 0 Å². The molecule has 6 heteroatoms. The van der Waals surface area contributed by atoms with E-state index < -0.39 is 19.8 Å². The Bertz CT molecular complexity index is 402. The molecule has 0 aromatic heterocycles. The lowest BCUT2D eigenvalue weighted by molar-refractivity contribution is -0.200. The van der Waals surface area contributed by atoms with E-state index in [9.17, 15) is 14.3 Å². The lowest BCUT2D eigenvalue weighted by Gasteiger charge is -2.16. The summed E-state index contributed by atoms with van der Waals surface area (Å²) < 4.78 is 19.8. The van der Waals surface area contributed by atoms with Gasteiger partial charge in [-0.2, -0.15) is 0 Å². The van der Waals surface area contributed by atoms with E-state index in [-0.39, 0.29) is 6.61 Å². The van der Waals surface area contributed by atoms with Crippen molar-refractivity contribution in [3.63, 3.8) is 0 Å². The quantitative estimate of drug-likeness (QED) is 0.590. The fourth-order valence-electron chi connectivity index (χ4n) is 1.12. The van der Waals surface area contributed by atoms with Gasteiger partial charge in [0, 0.05) is 0 Å². The van der Waals surface area contributed by atoms with Gasteiger partial charge in [-0.1, -0.05) is 30.3 Å². The lowest BCUT2D eigenvalue weighted by Crippen LogP contribution is -2.35. The highest BCUT2D eigenvalue weighted by atomic mass is 31.1. The Hall–Kier alpha value is -1.29. The molecule has 0 radical (unpaired) electrons. The summed E-state index contributed by atoms with van der Waals surface area (Å²) in [5.41, 5.74) is -0.674. The summed E-state index contributed by atoms with van der Waals surface area (Å²) in [4.78, 5) is 22.0. The average molecular weight is 256 g/mol. The molecule has 0 saturated heterocycles. The summed E-state index contributed by atoms with van der Waals surface area (Å²) in [5, 5.41) is 0. The van der Waals surface area contributed by atoms with Crippen molar-refractivity contribution in [2.75, 3.05) is 0 Å². The van der Waals surface area contributed by atoms with Crippen LogP contribution in [-0.4, -0.2) is 11.6 Å². The van der Waals surface area contributed by atoms with Crippen LogP contribution in [0.4, 0.5) is 0 Å². The maximum Gasteiger partial charge on any atom is 0.489 e. The molecule has 1 rings (SSSR count). The smallest absolute Gasteiger partial charge is 0.489 e. The minimum Gasteiger partial charge on any atom is -0.566 e. The molecule has 1 atom stereocenters. The van der Waals surface area contributed by atoms with Crippen LogP contribution in [0.15, 0.2) is 30.3 Å². The first-order chi connectivity index (χ1) is 7.92. The molecule has 0 aliphatic rings. The molecular formula is C11H13O5P. The Morgan fingerprint density at radius 1 is 1.35 bits per heavy atom. The summed E-state index contributed by atoms with van der Waals surface area (Å²) in [6.45, 7) is 2.76. The second kappa shape index (κ2) is 5.87. The molecule has 0 aliphatic heterocycles. The second-order valence-corrected chi connectivity index (χ2v) is 4.52. The highest BCUT2D eigenvalue weighted by Crippen LogP contribution is 2.24. The molecule has 17 heavy (non-hydrogen) atoms. The fourth-order valence-corrected chi connectivity index (χ4v) is 1.57. The maximum atomic E-state index is 11.6. The van der Waals surface area contributed by atoms with Crippen LogP contribution in [0.2, 0.25) is 0 Å². The number of benzene rings is 1. The summed E-state index contributed by atoms with van der Waals surface area (Å²) in [6, 6.07) is 9.09. The molecule has 1 aromatic rings. The van der Waals surface area contributed by atoms with Crippen LogP contribution in [-0.2, 0) is 25.2 Å². The van der Waals surface area contributed by atoms with Crippen molar-refractivity contribution >= 4 is 14.2 Å². The first-order valence-electron chi connectivity index (χ1n) is 4.96. The van der Waals surface area contributed by atoms with E-state index in [4.69, 9.17) is 4.74 Å². The molecule has 5 nitrogen and oxygen atoms in total. The Balaban J connectivity index is 2.52. The molecular weight excluding hydrogens is 243 g/mol. The predicted octanol–water partition coefficient (Wildman–Crippen LogP) is 1.54. The van der Waals surface area contributed by atoms with Crippen LogP contribution in [0.3, 0.4) is 0 Å². The molecule has 0 fully saturated rings. The van der Waals surface area contributed by atoms with E-state index in [0.717, 1.165) is 5.56 Å². The number of carbonyl (C=O) groups excluding carboxylic acids is 1. The van der Waals surface area contributed by atoms with Gasteiger partial charge in [0.15, 0.2) is 0 Å². The van der Waals surface area contributed by atoms with Crippen LogP contribution < -0.4 is 4.89 Å². The third-order valence-electron chi connectivity index (χ3n) is 2.01. The van der Waals surface area contributed by atoms with Crippen molar-refractivity contribution in [1.29, 1.82) is 0 Å². The van der Waals surface area contributed by atoms with E-state index in [2.05, 4.69) is 4.52 Å². The zero-order valence-corrected chi connectivity index (χ0v) is 10.5. The van der Waals surface area contributed by atoms with Gasteiger partial charge in [0.1, 0.15) is 6.61 Å². The van der Waals surface area contributed by atoms with Gasteiger partial charge in [0.25, 0.3) is 0 Å². The van der Waals surface area contributed by atoms with Crippen molar-refractivity contribution in [2.24, 2.45) is 0 Å². The molecule has 0 saturated carbocycles. The summed E-state index contributed by atoms with van der Waals surface area (Å²) in [5.74, 6) is -0.722. The van der Waals surface area contributed by atoms with Crippen molar-refractivity contribution in [1.82, 2.24) is 0 Å². The van der Waals surface area contributed by atoms with Crippen molar-refractivity contribution < 1.29 is 23.5 Å². The van der Waals surface area contributed by atoms with E-state index in [1.54, 1.807) is 12.1 Å². The zero-order valence-electron chi connectivity index (χ0n) is 9.58. The summed E-state index contributed by atoms with van der Waals surface area (Å²) in [6.07, 6.45) is 0. The molecule has 92 valence electrons. The number of carbonyl (C=O) groups is 1. The van der Waals surface area contributed by atoms with Crippen LogP contribution >= 0.6 is 8.25 Å². The molecule has 0 heterocycles. The third-order valence-corrected chi connectivity index (χ3v) is 2.61. The number of hydrogen-bond acceptors (Lipinski definition) is 5. The van der Waals surface area contributed by atoms with E-state index in [1.807, 2.05) is 18.2 Å². The van der Waals surface area contributed by atoms with Gasteiger partial charge in [-0.05, 0) is 24.0 Å². The largest absolute Gasteiger partial charge is 0.566 e. The molecule has 0 aliphatic carbocycles. The SMILES string of the molecule is CC(C)(O[P+](=O)[O-])C(=O)OCc1ccccc1. The minimum absolute atomic E-state index is 0.0854. The van der Waals surface area contributed by atoms with Gasteiger partial charge in [-0.25, -0.2) is 4.79 Å². The molecule has 0 N–H and O–H groups in total. The predicted molar refractivity (Wildman–Crippen MR) is 59.0 cm³/mol. The Morgan fingerprint density at radius 3 is 2.47 bits per heavy atom. The van der Waals surface area contributed by atoms with Crippen LogP contribution in [0.25, 0.3) is 0 Å². The van der Waals surface area contributed by atoms with Crippen LogP contribution in [0.1, 0.15) is 19.4 Å². The molecule has 0 spiro atoms. The first-order valence-corrected chi connectivity index (χ1v) is 6.06. The number of esters is 1. The maximum absolute atomic E-state index is 11.6. The first kappa shape index (κ1) is 13.8. The van der Waals surface area contributed by atoms with Crippen molar-refractivity contribution in [3.8, 4) is 0 Å². The highest BCUT2D eigenvalue weighted by Gasteiger charge is 2.37. The molecule has 0 amide bonds. The van der Waals surface area contributed by atoms with Gasteiger partial charge < -0.3 is 9.63 Å². The minimum atomic E-state index is -3.09. The average Bonchev–Trinajstić information content (AvgIpc) is 2.25. The molecule has 1 aromatic carbocycles. The highest BCUT2D eigenvalue weighted by molar-refractivity contribution is 7.30. The third kappa shape index (κ3) is 4.61. The van der Waals surface area contributed by atoms with Crippen molar-refractivity contribution in [3.05, 3.63) is 35.9 Å². The van der Waals surface area contributed by atoms with Gasteiger partial charge >= 0.3 is 14.2 Å². The van der Waals surface area contributed by atoms with Gasteiger partial charge in [0.05, 0.1) is 0 Å². The molecule has 0 bridgehead atoms. The van der Waals surface area contributed by atoms with E-state index in [1.165, 1.54) is 13.8 Å². The normalized spacial score (nSPS) is 12.1. The Kier molecular flexibility index (Phi) is 4.75. The topological polar surface area (TPSA) is 75.7 Å². The number of hydrogen-bond donors (Lipinski definition) is 0. The van der Waals surface area contributed by atoms with E-state index in [0.29, 0.717) is 0 Å². The Morgan fingerprint density at radius 2 is 1.94 bits per heavy atom. The molecule has 1 unspecified atom stereocenters. The number of rotatable bonds is 5. The summed E-state index contributed by atoms with van der Waals surface area (Å²) >= 11 is 0. The zero-order chi connectivity index (χ0) is 12.9. The second-order valence-electron chi connectivity index (χ2n) is 3.89.